The van der Waals surface area contributed by atoms with Gasteiger partial charge in [0.2, 0.25) is 5.91 Å². The summed E-state index contributed by atoms with van der Waals surface area (Å²) >= 11 is 1.63. The standard InChI is InChI=1S/C13H15F3N2O2S/c1-21-7-6-18-11(19)8-17-12(18)9-2-4-10(5-3-9)20-13(14,15)16/h2-5,12,17H,6-8H2,1H3. The monoisotopic (exact) mass is 320 g/mol. The van der Waals surface area contributed by atoms with E-state index in [-0.39, 0.29) is 24.4 Å². The van der Waals surface area contributed by atoms with Crippen LogP contribution in [0.15, 0.2) is 24.3 Å². The zero-order valence-electron chi connectivity index (χ0n) is 11.3. The number of amides is 1. The first-order chi connectivity index (χ1) is 9.90. The Bertz CT molecular complexity index is 493. The largest absolute Gasteiger partial charge is 0.573 e. The summed E-state index contributed by atoms with van der Waals surface area (Å²) in [4.78, 5) is 13.5. The van der Waals surface area contributed by atoms with Gasteiger partial charge in [-0.25, -0.2) is 0 Å². The first-order valence-electron chi connectivity index (χ1n) is 6.28. The van der Waals surface area contributed by atoms with Crippen LogP contribution in [0.5, 0.6) is 5.75 Å². The van der Waals surface area contributed by atoms with Crippen LogP contribution in [-0.4, -0.2) is 42.3 Å². The SMILES string of the molecule is CSCCN1C(=O)CNC1c1ccc(OC(F)(F)F)cc1. The summed E-state index contributed by atoms with van der Waals surface area (Å²) in [7, 11) is 0. The molecule has 8 heteroatoms. The van der Waals surface area contributed by atoms with Gasteiger partial charge >= 0.3 is 6.36 Å². The van der Waals surface area contributed by atoms with E-state index >= 15 is 0 Å². The van der Waals surface area contributed by atoms with Gasteiger partial charge in [-0.15, -0.1) is 13.2 Å². The van der Waals surface area contributed by atoms with Crippen molar-refractivity contribution in [1.82, 2.24) is 10.2 Å². The third-order valence-electron chi connectivity index (χ3n) is 3.04. The van der Waals surface area contributed by atoms with Crippen LogP contribution in [0.1, 0.15) is 11.7 Å². The maximum Gasteiger partial charge on any atom is 0.573 e. The van der Waals surface area contributed by atoms with Crippen molar-refractivity contribution in [2.75, 3.05) is 25.1 Å². The molecule has 1 fully saturated rings. The van der Waals surface area contributed by atoms with E-state index in [0.717, 1.165) is 11.3 Å². The van der Waals surface area contributed by atoms with Crippen molar-refractivity contribution in [1.29, 1.82) is 0 Å². The summed E-state index contributed by atoms with van der Waals surface area (Å²) in [5, 5.41) is 3.05. The van der Waals surface area contributed by atoms with Crippen LogP contribution < -0.4 is 10.1 Å². The molecule has 4 nitrogen and oxygen atoms in total. The smallest absolute Gasteiger partial charge is 0.406 e. The number of nitrogens with zero attached hydrogens (tertiary/aromatic N) is 1. The molecule has 1 aliphatic heterocycles. The number of hydrogen-bond donors (Lipinski definition) is 1. The molecule has 116 valence electrons. The topological polar surface area (TPSA) is 41.6 Å². The lowest BCUT2D eigenvalue weighted by Crippen LogP contribution is -2.32. The molecule has 0 spiro atoms. The second-order valence-corrected chi connectivity index (χ2v) is 5.47. The maximum absolute atomic E-state index is 12.1. The molecule has 2 rings (SSSR count). The normalized spacial score (nSPS) is 19.1. The molecule has 1 saturated heterocycles. The highest BCUT2D eigenvalue weighted by Crippen LogP contribution is 2.27. The number of carbonyl (C=O) groups excluding carboxylic acids is 1. The molecule has 0 radical (unpaired) electrons. The van der Waals surface area contributed by atoms with Crippen LogP contribution in [0.25, 0.3) is 0 Å². The van der Waals surface area contributed by atoms with Crippen molar-refractivity contribution in [3.8, 4) is 5.75 Å². The molecule has 1 unspecified atom stereocenters. The summed E-state index contributed by atoms with van der Waals surface area (Å²) in [6, 6.07) is 5.56. The number of carbonyl (C=O) groups is 1. The molecule has 1 aromatic rings. The van der Waals surface area contributed by atoms with E-state index in [9.17, 15) is 18.0 Å². The summed E-state index contributed by atoms with van der Waals surface area (Å²) in [6.45, 7) is 0.832. The number of ether oxygens (including phenoxy) is 1. The van der Waals surface area contributed by atoms with Gasteiger partial charge in [-0.2, -0.15) is 11.8 Å². The Kier molecular flexibility index (Phi) is 5.00. The average molecular weight is 320 g/mol. The van der Waals surface area contributed by atoms with Crippen molar-refractivity contribution < 1.29 is 22.7 Å². The molecule has 0 bridgehead atoms. The molecule has 1 amide bonds. The molecule has 1 heterocycles. The van der Waals surface area contributed by atoms with Crippen molar-refractivity contribution in [2.24, 2.45) is 0 Å². The summed E-state index contributed by atoms with van der Waals surface area (Å²) in [6.07, 6.45) is -3.05. The van der Waals surface area contributed by atoms with Crippen LogP contribution in [0.2, 0.25) is 0 Å². The van der Waals surface area contributed by atoms with Gasteiger partial charge in [0.25, 0.3) is 0 Å². The highest BCUT2D eigenvalue weighted by Gasteiger charge is 2.32. The Balaban J connectivity index is 2.08. The van der Waals surface area contributed by atoms with Gasteiger partial charge in [-0.1, -0.05) is 12.1 Å². The van der Waals surface area contributed by atoms with Gasteiger partial charge < -0.3 is 9.64 Å². The molecule has 1 aliphatic rings. The highest BCUT2D eigenvalue weighted by molar-refractivity contribution is 7.98. The molecule has 0 aromatic heterocycles. The zero-order chi connectivity index (χ0) is 15.5. The van der Waals surface area contributed by atoms with Gasteiger partial charge in [-0.3, -0.25) is 10.1 Å². The number of thioether (sulfide) groups is 1. The number of halogens is 3. The zero-order valence-corrected chi connectivity index (χ0v) is 12.1. The van der Waals surface area contributed by atoms with Crippen LogP contribution in [0.4, 0.5) is 13.2 Å². The van der Waals surface area contributed by atoms with Gasteiger partial charge in [0.15, 0.2) is 0 Å². The minimum atomic E-state index is -4.70. The lowest BCUT2D eigenvalue weighted by Gasteiger charge is -2.24. The Hall–Kier alpha value is -1.41. The average Bonchev–Trinajstić information content (AvgIpc) is 2.77. The molecule has 1 atom stereocenters. The molecule has 1 aromatic carbocycles. The Morgan fingerprint density at radius 2 is 2.05 bits per heavy atom. The van der Waals surface area contributed by atoms with E-state index in [1.807, 2.05) is 6.26 Å². The first-order valence-corrected chi connectivity index (χ1v) is 7.67. The fraction of sp³-hybridized carbons (Fsp3) is 0.462. The Morgan fingerprint density at radius 1 is 1.38 bits per heavy atom. The minimum Gasteiger partial charge on any atom is -0.406 e. The maximum atomic E-state index is 12.1. The lowest BCUT2D eigenvalue weighted by molar-refractivity contribution is -0.274. The second-order valence-electron chi connectivity index (χ2n) is 4.48. The van der Waals surface area contributed by atoms with Gasteiger partial charge in [0.05, 0.1) is 6.54 Å². The number of rotatable bonds is 5. The fourth-order valence-corrected chi connectivity index (χ4v) is 2.51. The van der Waals surface area contributed by atoms with E-state index in [2.05, 4.69) is 10.1 Å². The third-order valence-corrected chi connectivity index (χ3v) is 3.64. The third kappa shape index (κ3) is 4.28. The molecule has 0 aliphatic carbocycles. The van der Waals surface area contributed by atoms with Crippen LogP contribution >= 0.6 is 11.8 Å². The van der Waals surface area contributed by atoms with E-state index in [0.29, 0.717) is 6.54 Å². The quantitative estimate of drug-likeness (QED) is 0.904. The van der Waals surface area contributed by atoms with Gasteiger partial charge in [0.1, 0.15) is 11.9 Å². The van der Waals surface area contributed by atoms with Crippen molar-refractivity contribution in [3.63, 3.8) is 0 Å². The highest BCUT2D eigenvalue weighted by atomic mass is 32.2. The minimum absolute atomic E-state index is 0.00957. The van der Waals surface area contributed by atoms with Crippen molar-refractivity contribution in [2.45, 2.75) is 12.5 Å². The van der Waals surface area contributed by atoms with E-state index in [1.54, 1.807) is 16.7 Å². The van der Waals surface area contributed by atoms with Gasteiger partial charge in [0, 0.05) is 12.3 Å². The predicted octanol–water partition coefficient (Wildman–Crippen LogP) is 2.38. The Labute approximate surface area is 124 Å². The number of nitrogens with one attached hydrogen (secondary N) is 1. The van der Waals surface area contributed by atoms with Crippen LogP contribution in [0, 0.1) is 0 Å². The van der Waals surface area contributed by atoms with Gasteiger partial charge in [-0.05, 0) is 24.0 Å². The fourth-order valence-electron chi connectivity index (χ4n) is 2.13. The van der Waals surface area contributed by atoms with Crippen molar-refractivity contribution >= 4 is 17.7 Å². The molecular formula is C13H15F3N2O2S. The van der Waals surface area contributed by atoms with Crippen molar-refractivity contribution in [3.05, 3.63) is 29.8 Å². The number of alkyl halides is 3. The first kappa shape index (κ1) is 16.0. The number of hydrogen-bond acceptors (Lipinski definition) is 4. The molecular weight excluding hydrogens is 305 g/mol. The second kappa shape index (κ2) is 6.57. The van der Waals surface area contributed by atoms with E-state index in [1.165, 1.54) is 24.3 Å². The number of benzene rings is 1. The summed E-state index contributed by atoms with van der Waals surface area (Å²) < 4.78 is 40.1. The van der Waals surface area contributed by atoms with Crippen LogP contribution in [-0.2, 0) is 4.79 Å². The Morgan fingerprint density at radius 3 is 2.62 bits per heavy atom. The summed E-state index contributed by atoms with van der Waals surface area (Å²) in [5.74, 6) is 0.523. The molecule has 0 saturated carbocycles. The van der Waals surface area contributed by atoms with E-state index < -0.39 is 6.36 Å². The predicted molar refractivity (Wildman–Crippen MR) is 74.0 cm³/mol. The van der Waals surface area contributed by atoms with E-state index in [4.69, 9.17) is 0 Å². The summed E-state index contributed by atoms with van der Waals surface area (Å²) in [5.41, 5.74) is 0.733. The molecule has 1 N–H and O–H groups in total. The molecule has 21 heavy (non-hydrogen) atoms. The lowest BCUT2D eigenvalue weighted by atomic mass is 10.1. The van der Waals surface area contributed by atoms with Crippen LogP contribution in [0.3, 0.4) is 0 Å².